The number of ketones is 1. The van der Waals surface area contributed by atoms with Crippen LogP contribution in [0.15, 0.2) is 48.5 Å². The molecule has 3 rings (SSSR count). The first-order valence-electron chi connectivity index (χ1n) is 10.2. The maximum absolute atomic E-state index is 12.5. The number of morpholine rings is 1. The quantitative estimate of drug-likeness (QED) is 0.422. The van der Waals surface area contributed by atoms with Crippen LogP contribution in [0.5, 0.6) is 0 Å². The second-order valence-electron chi connectivity index (χ2n) is 8.12. The molecule has 2 N–H and O–H groups in total. The van der Waals surface area contributed by atoms with Gasteiger partial charge in [0.15, 0.2) is 5.78 Å². The van der Waals surface area contributed by atoms with Gasteiger partial charge in [0.2, 0.25) is 0 Å². The summed E-state index contributed by atoms with van der Waals surface area (Å²) in [5, 5.41) is 11.4. The number of ether oxygens (including phenoxy) is 2. The number of carbonyl (C=O) groups is 3. The third kappa shape index (κ3) is 7.69. The van der Waals surface area contributed by atoms with Gasteiger partial charge in [-0.15, -0.1) is 0 Å². The van der Waals surface area contributed by atoms with E-state index in [-0.39, 0.29) is 22.7 Å². The van der Waals surface area contributed by atoms with Crippen molar-refractivity contribution in [3.05, 3.63) is 75.3 Å². The lowest BCUT2D eigenvalue weighted by molar-refractivity contribution is -0.385. The molecule has 10 heteroatoms. The minimum atomic E-state index is -0.725. The van der Waals surface area contributed by atoms with Gasteiger partial charge in [0, 0.05) is 30.3 Å². The summed E-state index contributed by atoms with van der Waals surface area (Å²) in [7, 11) is 0. The van der Waals surface area contributed by atoms with Gasteiger partial charge in [0.1, 0.15) is 11.2 Å². The fourth-order valence-corrected chi connectivity index (χ4v) is 3.00. The van der Waals surface area contributed by atoms with Crippen LogP contribution in [-0.4, -0.2) is 59.5 Å². The second kappa shape index (κ2) is 11.2. The fourth-order valence-electron chi connectivity index (χ4n) is 3.00. The molecular formula is C23H27N3O7. The zero-order valence-corrected chi connectivity index (χ0v) is 18.8. The van der Waals surface area contributed by atoms with Crippen molar-refractivity contribution in [2.75, 3.05) is 26.3 Å². The van der Waals surface area contributed by atoms with Crippen molar-refractivity contribution >= 4 is 23.5 Å². The molecule has 2 aromatic carbocycles. The molecule has 2 amide bonds. The van der Waals surface area contributed by atoms with Crippen molar-refractivity contribution in [2.24, 2.45) is 5.73 Å². The molecule has 0 atom stereocenters. The number of primary amides is 1. The molecule has 0 aromatic heterocycles. The fraction of sp³-hybridized carbons (Fsp3) is 0.348. The Balaban J connectivity index is 0.000000414. The van der Waals surface area contributed by atoms with Gasteiger partial charge >= 0.3 is 6.09 Å². The Morgan fingerprint density at radius 1 is 1.03 bits per heavy atom. The van der Waals surface area contributed by atoms with E-state index in [1.165, 1.54) is 18.2 Å². The Labute approximate surface area is 191 Å². The SMILES string of the molecule is CC(C)(C)OC(N)=O.O=C(c1ccccc1)c1ccc(C(=O)N2CCOCC2)cc1[N+](=O)[O-]. The number of rotatable bonds is 4. The Bertz CT molecular complexity index is 1010. The molecule has 0 bridgehead atoms. The van der Waals surface area contributed by atoms with Crippen LogP contribution in [0.3, 0.4) is 0 Å². The predicted octanol–water partition coefficient (Wildman–Crippen LogP) is 3.18. The summed E-state index contributed by atoms with van der Waals surface area (Å²) in [6, 6.07) is 12.3. The molecule has 0 radical (unpaired) electrons. The lowest BCUT2D eigenvalue weighted by atomic mass is 9.99. The van der Waals surface area contributed by atoms with E-state index in [4.69, 9.17) is 10.5 Å². The molecule has 0 spiro atoms. The van der Waals surface area contributed by atoms with Crippen molar-refractivity contribution < 1.29 is 28.8 Å². The minimum Gasteiger partial charge on any atom is -0.444 e. The molecular weight excluding hydrogens is 430 g/mol. The van der Waals surface area contributed by atoms with E-state index in [0.29, 0.717) is 31.9 Å². The number of hydrogen-bond acceptors (Lipinski definition) is 7. The highest BCUT2D eigenvalue weighted by Gasteiger charge is 2.25. The zero-order valence-electron chi connectivity index (χ0n) is 18.8. The molecule has 0 unspecified atom stereocenters. The van der Waals surface area contributed by atoms with Crippen LogP contribution in [0, 0.1) is 10.1 Å². The number of nitro benzene ring substituents is 1. The Hall–Kier alpha value is -3.79. The molecule has 0 aliphatic carbocycles. The molecule has 2 aromatic rings. The standard InChI is InChI=1S/C18H16N2O5.C5H11NO2/c21-17(13-4-2-1-3-5-13)15-7-6-14(12-16(15)20(23)24)18(22)19-8-10-25-11-9-19;1-5(2,3)8-4(6)7/h1-7,12H,8-11H2;1-3H3,(H2,6,7). The maximum Gasteiger partial charge on any atom is 0.405 e. The summed E-state index contributed by atoms with van der Waals surface area (Å²) < 4.78 is 9.78. The molecule has 33 heavy (non-hydrogen) atoms. The molecule has 1 aliphatic heterocycles. The highest BCUT2D eigenvalue weighted by atomic mass is 16.6. The average Bonchev–Trinajstić information content (AvgIpc) is 2.77. The highest BCUT2D eigenvalue weighted by molar-refractivity contribution is 6.12. The van der Waals surface area contributed by atoms with E-state index in [1.54, 1.807) is 56.0 Å². The first kappa shape index (κ1) is 25.5. The monoisotopic (exact) mass is 457 g/mol. The second-order valence-corrected chi connectivity index (χ2v) is 8.12. The van der Waals surface area contributed by atoms with Crippen LogP contribution in [0.1, 0.15) is 47.1 Å². The maximum atomic E-state index is 12.5. The molecule has 176 valence electrons. The van der Waals surface area contributed by atoms with Gasteiger partial charge in [-0.05, 0) is 32.9 Å². The van der Waals surface area contributed by atoms with Gasteiger partial charge in [-0.25, -0.2) is 4.79 Å². The first-order valence-corrected chi connectivity index (χ1v) is 10.2. The van der Waals surface area contributed by atoms with Crippen LogP contribution in [0.25, 0.3) is 0 Å². The van der Waals surface area contributed by atoms with Crippen LogP contribution in [-0.2, 0) is 9.47 Å². The lowest BCUT2D eigenvalue weighted by Gasteiger charge is -2.26. The van der Waals surface area contributed by atoms with Crippen molar-refractivity contribution in [1.29, 1.82) is 0 Å². The van der Waals surface area contributed by atoms with Gasteiger partial charge in [0.25, 0.3) is 11.6 Å². The highest BCUT2D eigenvalue weighted by Crippen LogP contribution is 2.24. The van der Waals surface area contributed by atoms with Crippen molar-refractivity contribution in [1.82, 2.24) is 4.90 Å². The summed E-state index contributed by atoms with van der Waals surface area (Å²) in [5.74, 6) is -0.747. The first-order chi connectivity index (χ1) is 15.5. The van der Waals surface area contributed by atoms with Gasteiger partial charge in [-0.1, -0.05) is 30.3 Å². The summed E-state index contributed by atoms with van der Waals surface area (Å²) in [6.45, 7) is 7.05. The Morgan fingerprint density at radius 2 is 1.64 bits per heavy atom. The third-order valence-corrected chi connectivity index (χ3v) is 4.43. The molecule has 10 nitrogen and oxygen atoms in total. The van der Waals surface area contributed by atoms with Crippen LogP contribution in [0.4, 0.5) is 10.5 Å². The summed E-state index contributed by atoms with van der Waals surface area (Å²) in [4.78, 5) is 47.4. The Kier molecular flexibility index (Phi) is 8.63. The van der Waals surface area contributed by atoms with Crippen molar-refractivity contribution in [3.8, 4) is 0 Å². The summed E-state index contributed by atoms with van der Waals surface area (Å²) in [6.07, 6.45) is -0.725. The van der Waals surface area contributed by atoms with E-state index in [9.17, 15) is 24.5 Å². The van der Waals surface area contributed by atoms with E-state index >= 15 is 0 Å². The number of nitro groups is 1. The third-order valence-electron chi connectivity index (χ3n) is 4.43. The van der Waals surface area contributed by atoms with Gasteiger partial charge in [-0.3, -0.25) is 19.7 Å². The molecule has 1 fully saturated rings. The zero-order chi connectivity index (χ0) is 24.6. The smallest absolute Gasteiger partial charge is 0.405 e. The number of amides is 2. The van der Waals surface area contributed by atoms with E-state index < -0.39 is 22.4 Å². The topological polar surface area (TPSA) is 142 Å². The van der Waals surface area contributed by atoms with Gasteiger partial charge in [0.05, 0.1) is 18.1 Å². The van der Waals surface area contributed by atoms with E-state index in [1.807, 2.05) is 0 Å². The molecule has 1 heterocycles. The average molecular weight is 457 g/mol. The number of nitrogens with two attached hydrogens (primary N) is 1. The normalized spacial score (nSPS) is 13.4. The molecule has 0 saturated carbocycles. The lowest BCUT2D eigenvalue weighted by Crippen LogP contribution is -2.40. The van der Waals surface area contributed by atoms with Crippen LogP contribution in [0.2, 0.25) is 0 Å². The number of benzene rings is 2. The minimum absolute atomic E-state index is 0.0327. The van der Waals surface area contributed by atoms with Crippen LogP contribution < -0.4 is 5.73 Å². The number of hydrogen-bond donors (Lipinski definition) is 1. The predicted molar refractivity (Wildman–Crippen MR) is 120 cm³/mol. The largest absolute Gasteiger partial charge is 0.444 e. The van der Waals surface area contributed by atoms with E-state index in [2.05, 4.69) is 4.74 Å². The molecule has 1 saturated heterocycles. The molecule has 1 aliphatic rings. The van der Waals surface area contributed by atoms with E-state index in [0.717, 1.165) is 0 Å². The van der Waals surface area contributed by atoms with Crippen LogP contribution >= 0.6 is 0 Å². The summed E-state index contributed by atoms with van der Waals surface area (Å²) >= 11 is 0. The number of carbonyl (C=O) groups excluding carboxylic acids is 3. The van der Waals surface area contributed by atoms with Crippen molar-refractivity contribution in [3.63, 3.8) is 0 Å². The van der Waals surface area contributed by atoms with Gasteiger partial charge < -0.3 is 20.1 Å². The Morgan fingerprint density at radius 3 is 2.12 bits per heavy atom. The summed E-state index contributed by atoms with van der Waals surface area (Å²) in [5.41, 5.74) is 4.42. The number of nitrogens with zero attached hydrogens (tertiary/aromatic N) is 2. The van der Waals surface area contributed by atoms with Crippen molar-refractivity contribution in [2.45, 2.75) is 26.4 Å². The van der Waals surface area contributed by atoms with Gasteiger partial charge in [-0.2, -0.15) is 0 Å².